The van der Waals surface area contributed by atoms with Crippen LogP contribution in [0.5, 0.6) is 0 Å². The van der Waals surface area contributed by atoms with E-state index < -0.39 is 79.1 Å². The Morgan fingerprint density at radius 1 is 0.855 bits per heavy atom. The van der Waals surface area contributed by atoms with E-state index in [1.54, 1.807) is 19.1 Å². The zero-order valence-corrected chi connectivity index (χ0v) is 37.0. The topological polar surface area (TPSA) is 224 Å². The highest BCUT2D eigenvalue weighted by Crippen LogP contribution is 2.61. The highest BCUT2D eigenvalue weighted by molar-refractivity contribution is 6.47. The minimum atomic E-state index is -1.32. The van der Waals surface area contributed by atoms with Crippen LogP contribution in [0.2, 0.25) is 0 Å². The highest BCUT2D eigenvalue weighted by Gasteiger charge is 2.62. The first kappa shape index (κ1) is 46.7. The molecular weight excluding hydrogens is 789 g/mol. The first-order valence-electron chi connectivity index (χ1n) is 22.6. The number of unbranched alkanes of at least 4 members (excludes halogenated alkanes) is 2. The van der Waals surface area contributed by atoms with E-state index in [2.05, 4.69) is 66.3 Å². The van der Waals surface area contributed by atoms with E-state index in [4.69, 9.17) is 20.8 Å². The van der Waals surface area contributed by atoms with Gasteiger partial charge in [0.25, 0.3) is 5.91 Å². The Bertz CT molecular complexity index is 1930. The van der Waals surface area contributed by atoms with Crippen molar-refractivity contribution in [2.45, 2.75) is 148 Å². The summed E-state index contributed by atoms with van der Waals surface area (Å²) in [5.74, 6) is -3.15. The van der Waals surface area contributed by atoms with E-state index in [0.29, 0.717) is 62.6 Å². The normalized spacial score (nSPS) is 24.1. The molecule has 2 unspecified atom stereocenters. The van der Waals surface area contributed by atoms with Gasteiger partial charge in [0.05, 0.1) is 24.6 Å². The fraction of sp³-hybridized carbons (Fsp3) is 0.609. The lowest BCUT2D eigenvalue weighted by Gasteiger charge is -2.60. The zero-order valence-electron chi connectivity index (χ0n) is 37.0. The number of likely N-dealkylation sites (tertiary alicyclic amines) is 1. The fourth-order valence-electron chi connectivity index (χ4n) is 9.63. The Kier molecular flexibility index (Phi) is 15.5. The molecule has 16 heteroatoms. The third-order valence-corrected chi connectivity index (χ3v) is 13.6. The summed E-state index contributed by atoms with van der Waals surface area (Å²) in [7, 11) is -0.687. The van der Waals surface area contributed by atoms with Crippen LogP contribution in [-0.4, -0.2) is 103 Å². The molecule has 7 rings (SSSR count). The largest absolute Gasteiger partial charge is 0.481 e. The van der Waals surface area contributed by atoms with Crippen molar-refractivity contribution < 1.29 is 38.1 Å². The second-order valence-corrected chi connectivity index (χ2v) is 18.4. The van der Waals surface area contributed by atoms with Gasteiger partial charge in [0.1, 0.15) is 24.2 Å². The van der Waals surface area contributed by atoms with Gasteiger partial charge in [0, 0.05) is 12.1 Å². The number of hydrogen-bond acceptors (Lipinski definition) is 9. The van der Waals surface area contributed by atoms with E-state index in [-0.39, 0.29) is 17.6 Å². The lowest BCUT2D eigenvalue weighted by atomic mass is 9.47. The van der Waals surface area contributed by atoms with E-state index >= 15 is 0 Å². The smallest absolute Gasteiger partial charge is 0.404 e. The van der Waals surface area contributed by atoms with Crippen LogP contribution in [0.1, 0.15) is 115 Å². The minimum Gasteiger partial charge on any atom is -0.404 e. The van der Waals surface area contributed by atoms with Crippen molar-refractivity contribution in [1.82, 2.24) is 26.2 Å². The number of amides is 6. The summed E-state index contributed by atoms with van der Waals surface area (Å²) < 4.78 is 12.5. The summed E-state index contributed by atoms with van der Waals surface area (Å²) in [4.78, 5) is 81.8. The van der Waals surface area contributed by atoms with Crippen LogP contribution < -0.4 is 32.7 Å². The van der Waals surface area contributed by atoms with Crippen molar-refractivity contribution in [3.63, 3.8) is 0 Å². The first-order chi connectivity index (χ1) is 29.6. The van der Waals surface area contributed by atoms with E-state index in [1.807, 2.05) is 12.1 Å². The predicted octanol–water partition coefficient (Wildman–Crippen LogP) is 3.16. The molecule has 0 aromatic heterocycles. The molecule has 2 bridgehead atoms. The van der Waals surface area contributed by atoms with Crippen LogP contribution in [-0.2, 0) is 39.7 Å². The monoisotopic (exact) mass is 856 g/mol. The number of carbonyl (C=O) groups excluding carboxylic acids is 6. The highest BCUT2D eigenvalue weighted by atomic mass is 16.7. The molecule has 5 aliphatic rings. The van der Waals surface area contributed by atoms with Crippen LogP contribution >= 0.6 is 0 Å². The fourth-order valence-corrected chi connectivity index (χ4v) is 9.63. The number of nitrogens with zero attached hydrogens (tertiary/aromatic N) is 1. The van der Waals surface area contributed by atoms with Gasteiger partial charge in [-0.05, 0) is 124 Å². The molecule has 62 heavy (non-hydrogen) atoms. The maximum absolute atomic E-state index is 14.1. The molecule has 9 atom stereocenters. The van der Waals surface area contributed by atoms with Crippen molar-refractivity contribution in [3.05, 3.63) is 59.7 Å². The van der Waals surface area contributed by atoms with Gasteiger partial charge in [0.15, 0.2) is 0 Å². The molecule has 6 amide bonds. The molecule has 0 spiro atoms. The molecule has 2 aromatic rings. The molecule has 2 aromatic carbocycles. The number of hydrogen-bond donors (Lipinski definition) is 6. The molecular formula is C46H66BN7O8. The van der Waals surface area contributed by atoms with Crippen LogP contribution in [0.4, 0.5) is 0 Å². The summed E-state index contributed by atoms with van der Waals surface area (Å²) in [5, 5.41) is 11.0. The number of aryl methyl sites for hydroxylation is 1. The van der Waals surface area contributed by atoms with Crippen molar-refractivity contribution >= 4 is 42.6 Å². The Morgan fingerprint density at radius 2 is 1.55 bits per heavy atom. The molecule has 2 aliphatic heterocycles. The second kappa shape index (κ2) is 20.6. The third-order valence-electron chi connectivity index (χ3n) is 13.6. The summed E-state index contributed by atoms with van der Waals surface area (Å²) in [5.41, 5.74) is 15.1. The van der Waals surface area contributed by atoms with Gasteiger partial charge in [-0.2, -0.15) is 0 Å². The van der Waals surface area contributed by atoms with Crippen LogP contribution in [0.3, 0.4) is 0 Å². The van der Waals surface area contributed by atoms with Gasteiger partial charge in [-0.3, -0.25) is 28.8 Å². The molecule has 2 saturated heterocycles. The van der Waals surface area contributed by atoms with E-state index in [9.17, 15) is 28.8 Å². The van der Waals surface area contributed by atoms with E-state index in [1.165, 1.54) is 17.4 Å². The number of benzene rings is 2. The summed E-state index contributed by atoms with van der Waals surface area (Å²) in [6.07, 6.45) is 7.21. The molecule has 5 fully saturated rings. The average molecular weight is 856 g/mol. The first-order valence-corrected chi connectivity index (χ1v) is 22.6. The van der Waals surface area contributed by atoms with Crippen LogP contribution in [0.25, 0.3) is 11.1 Å². The lowest BCUT2D eigenvalue weighted by molar-refractivity contribution is -0.150. The van der Waals surface area contributed by atoms with Gasteiger partial charge in [-0.15, -0.1) is 0 Å². The molecule has 0 radical (unpaired) electrons. The lowest BCUT2D eigenvalue weighted by Crippen LogP contribution is -2.59. The number of carbonyl (C=O) groups is 6. The zero-order chi connectivity index (χ0) is 44.7. The SMILES string of the molecule is CCCCc1ccc(-c2ccc(C(=O)N[C@@H](CCCCN)C(=O)N3CCC[C@H]3C(=O)N[C@@H](C)C(=O)N[C@@H](CC(N)=O)C(=O)N[C@@H](C)B3OC4C[C@@H]5C[C@H](C4O3)C5(C)C)cc2)cc1. The Labute approximate surface area is 366 Å². The minimum absolute atomic E-state index is 0.0406. The van der Waals surface area contributed by atoms with Crippen molar-refractivity contribution in [1.29, 1.82) is 0 Å². The molecule has 3 saturated carbocycles. The number of primary amides is 1. The summed E-state index contributed by atoms with van der Waals surface area (Å²) in [6.45, 7) is 10.6. The molecule has 3 aliphatic carbocycles. The average Bonchev–Trinajstić information content (AvgIpc) is 3.93. The van der Waals surface area contributed by atoms with Crippen molar-refractivity contribution in [2.75, 3.05) is 13.1 Å². The van der Waals surface area contributed by atoms with E-state index in [0.717, 1.165) is 43.2 Å². The molecule has 336 valence electrons. The number of nitrogens with two attached hydrogens (primary N) is 2. The Morgan fingerprint density at radius 3 is 2.19 bits per heavy atom. The number of nitrogens with one attached hydrogen (secondary N) is 4. The Balaban J connectivity index is 1.03. The van der Waals surface area contributed by atoms with Crippen molar-refractivity contribution in [3.8, 4) is 11.1 Å². The van der Waals surface area contributed by atoms with Gasteiger partial charge < -0.3 is 46.9 Å². The molecule has 8 N–H and O–H groups in total. The van der Waals surface area contributed by atoms with Crippen LogP contribution in [0, 0.1) is 17.3 Å². The van der Waals surface area contributed by atoms with Crippen LogP contribution in [0.15, 0.2) is 48.5 Å². The maximum Gasteiger partial charge on any atom is 0.481 e. The maximum atomic E-state index is 14.1. The summed E-state index contributed by atoms with van der Waals surface area (Å²) in [6, 6.07) is 11.4. The van der Waals surface area contributed by atoms with Gasteiger partial charge in [0.2, 0.25) is 29.5 Å². The quantitative estimate of drug-likeness (QED) is 0.0849. The molecule has 2 heterocycles. The second-order valence-electron chi connectivity index (χ2n) is 18.4. The Hall–Kier alpha value is -4.80. The third kappa shape index (κ3) is 10.9. The predicted molar refractivity (Wildman–Crippen MR) is 236 cm³/mol. The van der Waals surface area contributed by atoms with Crippen molar-refractivity contribution in [2.24, 2.45) is 28.7 Å². The standard InChI is InChI=1S/C46H66BN7O8/c1-6-7-11-29-14-16-30(17-15-29)31-18-20-32(21-19-31)42(57)52-35(12-8-9-22-48)45(60)54-23-10-13-37(54)44(59)50-27(2)41(56)53-36(26-39(49)55)43(58)51-28(3)47-61-38-25-33-24-34(40(38)62-47)46(33,4)5/h14-21,27-28,33-38,40H,6-13,22-26,48H2,1-5H3,(H2,49,55)(H,50,59)(H,51,58)(H,52,57)(H,53,56)/t27-,28-,33-,34+,35-,36-,37-,38?,40?/m0/s1. The van der Waals surface area contributed by atoms with Gasteiger partial charge >= 0.3 is 7.12 Å². The van der Waals surface area contributed by atoms with Gasteiger partial charge in [-0.25, -0.2) is 0 Å². The molecule has 15 nitrogen and oxygen atoms in total. The number of rotatable bonds is 20. The van der Waals surface area contributed by atoms with Gasteiger partial charge in [-0.1, -0.05) is 63.6 Å². The summed E-state index contributed by atoms with van der Waals surface area (Å²) >= 11 is 0.